The molecule has 0 aliphatic carbocycles. The van der Waals surface area contributed by atoms with Crippen molar-refractivity contribution in [3.05, 3.63) is 52.5 Å². The van der Waals surface area contributed by atoms with E-state index in [0.29, 0.717) is 5.69 Å². The predicted octanol–water partition coefficient (Wildman–Crippen LogP) is 3.50. The molecule has 2 aliphatic heterocycles. The smallest absolute Gasteiger partial charge is 0.273 e. The van der Waals surface area contributed by atoms with Crippen LogP contribution in [0.25, 0.3) is 0 Å². The topological polar surface area (TPSA) is 53.5 Å². The second kappa shape index (κ2) is 7.19. The molecular formula is C20H23N3O2S. The van der Waals surface area contributed by atoms with E-state index in [2.05, 4.69) is 17.1 Å². The minimum absolute atomic E-state index is 0.000337. The minimum Gasteiger partial charge on any atom is -0.332 e. The van der Waals surface area contributed by atoms with Gasteiger partial charge in [0.25, 0.3) is 5.91 Å². The third-order valence-electron chi connectivity index (χ3n) is 5.61. The van der Waals surface area contributed by atoms with Crippen molar-refractivity contribution in [1.29, 1.82) is 0 Å². The number of carbonyl (C=O) groups is 2. The summed E-state index contributed by atoms with van der Waals surface area (Å²) in [6.45, 7) is 2.39. The summed E-state index contributed by atoms with van der Waals surface area (Å²) in [4.78, 5) is 33.8. The van der Waals surface area contributed by atoms with Gasteiger partial charge >= 0.3 is 0 Å². The SMILES string of the molecule is CC(=O)N1[C@H](c2ccccc2)C[C@@H]2[C@@H]1CCCCN2C(=O)c1cscn1. The van der Waals surface area contributed by atoms with E-state index in [1.807, 2.05) is 33.4 Å². The number of nitrogens with zero attached hydrogens (tertiary/aromatic N) is 3. The molecule has 0 bridgehead atoms. The lowest BCUT2D eigenvalue weighted by atomic mass is 10.0. The highest BCUT2D eigenvalue weighted by Gasteiger charge is 2.47. The summed E-state index contributed by atoms with van der Waals surface area (Å²) in [5.41, 5.74) is 3.37. The van der Waals surface area contributed by atoms with Crippen LogP contribution >= 0.6 is 11.3 Å². The molecule has 0 spiro atoms. The molecular weight excluding hydrogens is 346 g/mol. The fraction of sp³-hybridized carbons (Fsp3) is 0.450. The largest absolute Gasteiger partial charge is 0.332 e. The van der Waals surface area contributed by atoms with Crippen molar-refractivity contribution in [2.75, 3.05) is 6.54 Å². The van der Waals surface area contributed by atoms with Crippen molar-refractivity contribution in [3.63, 3.8) is 0 Å². The predicted molar refractivity (Wildman–Crippen MR) is 101 cm³/mol. The standard InChI is InChI=1S/C20H23N3O2S/c1-14(24)23-17-9-5-6-10-22(20(25)16-12-26-13-21-16)19(17)11-18(23)15-7-3-2-4-8-15/h2-4,7-8,12-13,17-19H,5-6,9-11H2,1H3/t17-,18-,19+/m0/s1. The van der Waals surface area contributed by atoms with Gasteiger partial charge in [0, 0.05) is 18.8 Å². The molecule has 136 valence electrons. The van der Waals surface area contributed by atoms with Gasteiger partial charge < -0.3 is 9.80 Å². The summed E-state index contributed by atoms with van der Waals surface area (Å²) in [5, 5.41) is 1.81. The van der Waals surface area contributed by atoms with Gasteiger partial charge in [0.1, 0.15) is 5.69 Å². The van der Waals surface area contributed by atoms with Crippen LogP contribution in [0.15, 0.2) is 41.2 Å². The van der Waals surface area contributed by atoms with Gasteiger partial charge in [-0.25, -0.2) is 4.98 Å². The van der Waals surface area contributed by atoms with E-state index in [-0.39, 0.29) is 29.9 Å². The maximum atomic E-state index is 13.0. The van der Waals surface area contributed by atoms with Crippen molar-refractivity contribution in [2.24, 2.45) is 0 Å². The van der Waals surface area contributed by atoms with Crippen LogP contribution in [0.1, 0.15) is 54.7 Å². The van der Waals surface area contributed by atoms with Gasteiger partial charge in [0.15, 0.2) is 0 Å². The van der Waals surface area contributed by atoms with Gasteiger partial charge in [-0.15, -0.1) is 11.3 Å². The normalized spacial score (nSPS) is 25.7. The Hall–Kier alpha value is -2.21. The van der Waals surface area contributed by atoms with Crippen molar-refractivity contribution in [1.82, 2.24) is 14.8 Å². The zero-order valence-electron chi connectivity index (χ0n) is 14.9. The second-order valence-corrected chi connectivity index (χ2v) is 7.81. The molecule has 0 N–H and O–H groups in total. The van der Waals surface area contributed by atoms with E-state index < -0.39 is 0 Å². The number of thiazole rings is 1. The van der Waals surface area contributed by atoms with Crippen LogP contribution in [-0.2, 0) is 4.79 Å². The fourth-order valence-corrected chi connectivity index (χ4v) is 5.05. The molecule has 1 aromatic heterocycles. The van der Waals surface area contributed by atoms with E-state index in [1.165, 1.54) is 11.3 Å². The van der Waals surface area contributed by atoms with Crippen LogP contribution < -0.4 is 0 Å². The molecule has 26 heavy (non-hydrogen) atoms. The molecule has 2 aromatic rings. The number of likely N-dealkylation sites (tertiary alicyclic amines) is 2. The number of aromatic nitrogens is 1. The average Bonchev–Trinajstić information content (AvgIpc) is 3.26. The number of fused-ring (bicyclic) bond motifs is 1. The van der Waals surface area contributed by atoms with Crippen molar-refractivity contribution in [2.45, 2.75) is 50.7 Å². The van der Waals surface area contributed by atoms with E-state index >= 15 is 0 Å². The first kappa shape index (κ1) is 17.2. The van der Waals surface area contributed by atoms with Gasteiger partial charge in [-0.3, -0.25) is 9.59 Å². The van der Waals surface area contributed by atoms with Crippen LogP contribution in [-0.4, -0.2) is 45.2 Å². The Balaban J connectivity index is 1.69. The second-order valence-electron chi connectivity index (χ2n) is 7.09. The fourth-order valence-electron chi connectivity index (χ4n) is 4.53. The Labute approximate surface area is 157 Å². The first-order valence-corrected chi connectivity index (χ1v) is 10.1. The van der Waals surface area contributed by atoms with Gasteiger partial charge in [-0.1, -0.05) is 30.3 Å². The number of hydrogen-bond donors (Lipinski definition) is 0. The Morgan fingerprint density at radius 3 is 2.65 bits per heavy atom. The lowest BCUT2D eigenvalue weighted by molar-refractivity contribution is -0.132. The van der Waals surface area contributed by atoms with Crippen LogP contribution in [0, 0.1) is 0 Å². The van der Waals surface area contributed by atoms with Crippen LogP contribution in [0.3, 0.4) is 0 Å². The van der Waals surface area contributed by atoms with Crippen molar-refractivity contribution < 1.29 is 9.59 Å². The summed E-state index contributed by atoms with van der Waals surface area (Å²) in [7, 11) is 0. The molecule has 1 aromatic carbocycles. The van der Waals surface area contributed by atoms with Crippen LogP contribution in [0.4, 0.5) is 0 Å². The summed E-state index contributed by atoms with van der Waals surface area (Å²) < 4.78 is 0. The maximum Gasteiger partial charge on any atom is 0.273 e. The summed E-state index contributed by atoms with van der Waals surface area (Å²) in [6.07, 6.45) is 3.76. The third-order valence-corrected chi connectivity index (χ3v) is 6.20. The molecule has 6 heteroatoms. The molecule has 0 unspecified atom stereocenters. The Kier molecular flexibility index (Phi) is 4.76. The Morgan fingerprint density at radius 1 is 1.15 bits per heavy atom. The minimum atomic E-state index is 0.000337. The third kappa shape index (κ3) is 3.03. The number of amides is 2. The van der Waals surface area contributed by atoms with E-state index in [4.69, 9.17) is 0 Å². The summed E-state index contributed by atoms with van der Waals surface area (Å²) in [5.74, 6) is 0.0923. The highest BCUT2D eigenvalue weighted by atomic mass is 32.1. The van der Waals surface area contributed by atoms with E-state index in [1.54, 1.807) is 12.4 Å². The molecule has 2 aliphatic rings. The molecule has 2 saturated heterocycles. The first-order chi connectivity index (χ1) is 12.7. The number of hydrogen-bond acceptors (Lipinski definition) is 4. The summed E-state index contributed by atoms with van der Waals surface area (Å²) in [6, 6.07) is 10.4. The maximum absolute atomic E-state index is 13.0. The lowest BCUT2D eigenvalue weighted by Crippen LogP contribution is -2.47. The van der Waals surface area contributed by atoms with Crippen molar-refractivity contribution in [3.8, 4) is 0 Å². The van der Waals surface area contributed by atoms with Gasteiger partial charge in [0.05, 0.1) is 23.6 Å². The monoisotopic (exact) mass is 369 g/mol. The molecule has 3 heterocycles. The molecule has 4 rings (SSSR count). The Bertz CT molecular complexity index is 778. The average molecular weight is 369 g/mol. The van der Waals surface area contributed by atoms with Crippen molar-refractivity contribution >= 4 is 23.2 Å². The number of carbonyl (C=O) groups excluding carboxylic acids is 2. The Morgan fingerprint density at radius 2 is 1.96 bits per heavy atom. The van der Waals surface area contributed by atoms with Gasteiger partial charge in [-0.2, -0.15) is 0 Å². The highest BCUT2D eigenvalue weighted by Crippen LogP contribution is 2.42. The van der Waals surface area contributed by atoms with Gasteiger partial charge in [0.2, 0.25) is 5.91 Å². The zero-order chi connectivity index (χ0) is 18.1. The molecule has 0 saturated carbocycles. The molecule has 2 amide bonds. The zero-order valence-corrected chi connectivity index (χ0v) is 15.7. The lowest BCUT2D eigenvalue weighted by Gasteiger charge is -2.33. The van der Waals surface area contributed by atoms with E-state index in [0.717, 1.165) is 37.8 Å². The molecule has 5 nitrogen and oxygen atoms in total. The quantitative estimate of drug-likeness (QED) is 0.814. The molecule has 2 fully saturated rings. The first-order valence-electron chi connectivity index (χ1n) is 9.20. The number of rotatable bonds is 2. The molecule has 0 radical (unpaired) electrons. The molecule has 3 atom stereocenters. The van der Waals surface area contributed by atoms with Crippen LogP contribution in [0.5, 0.6) is 0 Å². The van der Waals surface area contributed by atoms with E-state index in [9.17, 15) is 9.59 Å². The highest BCUT2D eigenvalue weighted by molar-refractivity contribution is 7.07. The summed E-state index contributed by atoms with van der Waals surface area (Å²) >= 11 is 1.44. The number of benzene rings is 1. The van der Waals surface area contributed by atoms with Crippen LogP contribution in [0.2, 0.25) is 0 Å². The van der Waals surface area contributed by atoms with Gasteiger partial charge in [-0.05, 0) is 31.2 Å².